The van der Waals surface area contributed by atoms with Crippen molar-refractivity contribution in [2.75, 3.05) is 42.3 Å². The molecule has 7 heteroatoms. The summed E-state index contributed by atoms with van der Waals surface area (Å²) < 4.78 is 5.10. The second-order valence-corrected chi connectivity index (χ2v) is 5.43. The number of aromatic nitrogens is 2. The Labute approximate surface area is 129 Å². The Morgan fingerprint density at radius 1 is 1.36 bits per heavy atom. The molecular formula is C15H19N5O2. The van der Waals surface area contributed by atoms with Crippen molar-refractivity contribution in [3.8, 4) is 0 Å². The zero-order valence-electron chi connectivity index (χ0n) is 12.7. The summed E-state index contributed by atoms with van der Waals surface area (Å²) in [5, 5.41) is 2.79. The van der Waals surface area contributed by atoms with Gasteiger partial charge in [0.15, 0.2) is 11.6 Å². The Kier molecular flexibility index (Phi) is 3.95. The third kappa shape index (κ3) is 2.88. The van der Waals surface area contributed by atoms with E-state index in [1.807, 2.05) is 19.0 Å². The number of nitrogens with one attached hydrogen (secondary N) is 1. The van der Waals surface area contributed by atoms with Gasteiger partial charge in [0.2, 0.25) is 5.95 Å². The molecule has 1 aliphatic heterocycles. The molecule has 0 radical (unpaired) electrons. The van der Waals surface area contributed by atoms with Gasteiger partial charge in [0.1, 0.15) is 5.69 Å². The molecule has 1 amide bonds. The minimum absolute atomic E-state index is 0.258. The van der Waals surface area contributed by atoms with E-state index in [-0.39, 0.29) is 11.7 Å². The first-order valence-corrected chi connectivity index (χ1v) is 7.29. The lowest BCUT2D eigenvalue weighted by atomic mass is 10.3. The molecule has 0 bridgehead atoms. The second-order valence-electron chi connectivity index (χ2n) is 5.43. The van der Waals surface area contributed by atoms with Crippen LogP contribution in [0.25, 0.3) is 0 Å². The first kappa shape index (κ1) is 14.4. The van der Waals surface area contributed by atoms with Gasteiger partial charge in [-0.25, -0.2) is 4.98 Å². The molecule has 0 spiro atoms. The number of hydrogen-bond donors (Lipinski definition) is 1. The van der Waals surface area contributed by atoms with Crippen LogP contribution in [0.4, 0.5) is 17.5 Å². The predicted molar refractivity (Wildman–Crippen MR) is 84.5 cm³/mol. The summed E-state index contributed by atoms with van der Waals surface area (Å²) in [6, 6.07) is 3.29. The Morgan fingerprint density at radius 3 is 2.77 bits per heavy atom. The molecule has 2 aromatic rings. The van der Waals surface area contributed by atoms with Crippen molar-refractivity contribution >= 4 is 23.4 Å². The van der Waals surface area contributed by atoms with Gasteiger partial charge < -0.3 is 19.5 Å². The Balaban J connectivity index is 1.85. The number of carbonyl (C=O) groups excluding carboxylic acids is 1. The van der Waals surface area contributed by atoms with Crippen LogP contribution in [-0.2, 0) is 0 Å². The van der Waals surface area contributed by atoms with Gasteiger partial charge in [-0.05, 0) is 25.0 Å². The smallest absolute Gasteiger partial charge is 0.291 e. The van der Waals surface area contributed by atoms with Crippen LogP contribution in [0.2, 0.25) is 0 Å². The number of furan rings is 1. The quantitative estimate of drug-likeness (QED) is 0.931. The van der Waals surface area contributed by atoms with E-state index in [1.165, 1.54) is 6.26 Å². The topological polar surface area (TPSA) is 74.5 Å². The maximum Gasteiger partial charge on any atom is 0.291 e. The number of amides is 1. The third-order valence-electron chi connectivity index (χ3n) is 3.56. The highest BCUT2D eigenvalue weighted by molar-refractivity contribution is 6.03. The van der Waals surface area contributed by atoms with Crippen LogP contribution in [0.5, 0.6) is 0 Å². The second kappa shape index (κ2) is 6.05. The van der Waals surface area contributed by atoms with E-state index in [0.717, 1.165) is 25.9 Å². The van der Waals surface area contributed by atoms with Crippen molar-refractivity contribution in [1.82, 2.24) is 9.97 Å². The normalized spacial score (nSPS) is 14.2. The highest BCUT2D eigenvalue weighted by atomic mass is 16.3. The van der Waals surface area contributed by atoms with E-state index in [2.05, 4.69) is 20.2 Å². The van der Waals surface area contributed by atoms with Crippen molar-refractivity contribution in [3.05, 3.63) is 30.4 Å². The van der Waals surface area contributed by atoms with Gasteiger partial charge in [-0.3, -0.25) is 4.79 Å². The van der Waals surface area contributed by atoms with E-state index in [0.29, 0.717) is 17.5 Å². The van der Waals surface area contributed by atoms with Crippen molar-refractivity contribution in [2.24, 2.45) is 0 Å². The molecule has 1 saturated heterocycles. The van der Waals surface area contributed by atoms with Crippen molar-refractivity contribution in [3.63, 3.8) is 0 Å². The van der Waals surface area contributed by atoms with Crippen LogP contribution >= 0.6 is 0 Å². The molecule has 0 aliphatic carbocycles. The monoisotopic (exact) mass is 301 g/mol. The summed E-state index contributed by atoms with van der Waals surface area (Å²) >= 11 is 0. The lowest BCUT2D eigenvalue weighted by Crippen LogP contribution is -2.23. The van der Waals surface area contributed by atoms with E-state index >= 15 is 0 Å². The number of rotatable bonds is 4. The van der Waals surface area contributed by atoms with Gasteiger partial charge in [-0.15, -0.1) is 0 Å². The van der Waals surface area contributed by atoms with Crippen molar-refractivity contribution in [1.29, 1.82) is 0 Å². The molecule has 1 N–H and O–H groups in total. The summed E-state index contributed by atoms with van der Waals surface area (Å²) in [7, 11) is 3.78. The first-order valence-electron chi connectivity index (χ1n) is 7.29. The maximum absolute atomic E-state index is 12.1. The van der Waals surface area contributed by atoms with Crippen molar-refractivity contribution in [2.45, 2.75) is 12.8 Å². The zero-order chi connectivity index (χ0) is 15.5. The van der Waals surface area contributed by atoms with E-state index < -0.39 is 0 Å². The Bertz CT molecular complexity index is 648. The lowest BCUT2D eigenvalue weighted by Gasteiger charge is -2.20. The average Bonchev–Trinajstić information content (AvgIpc) is 3.21. The van der Waals surface area contributed by atoms with Gasteiger partial charge in [0.25, 0.3) is 5.91 Å². The predicted octanol–water partition coefficient (Wildman–Crippen LogP) is 1.99. The molecular weight excluding hydrogens is 282 g/mol. The lowest BCUT2D eigenvalue weighted by molar-refractivity contribution is 0.0996. The van der Waals surface area contributed by atoms with E-state index in [1.54, 1.807) is 18.3 Å². The molecule has 0 aromatic carbocycles. The SMILES string of the molecule is CN(C)c1nc(N2CCCC2)ncc1NC(=O)c1ccco1. The summed E-state index contributed by atoms with van der Waals surface area (Å²) in [5.41, 5.74) is 0.564. The van der Waals surface area contributed by atoms with E-state index in [9.17, 15) is 4.79 Å². The molecule has 22 heavy (non-hydrogen) atoms. The van der Waals surface area contributed by atoms with Gasteiger partial charge >= 0.3 is 0 Å². The van der Waals surface area contributed by atoms with Gasteiger partial charge in [-0.2, -0.15) is 4.98 Å². The Morgan fingerprint density at radius 2 is 2.14 bits per heavy atom. The van der Waals surface area contributed by atoms with Crippen LogP contribution < -0.4 is 15.1 Å². The zero-order valence-corrected chi connectivity index (χ0v) is 12.7. The largest absolute Gasteiger partial charge is 0.459 e. The molecule has 3 rings (SSSR count). The summed E-state index contributed by atoms with van der Waals surface area (Å²) in [6.45, 7) is 1.95. The molecule has 2 aromatic heterocycles. The molecule has 116 valence electrons. The molecule has 3 heterocycles. The molecule has 0 saturated carbocycles. The molecule has 1 fully saturated rings. The van der Waals surface area contributed by atoms with Gasteiger partial charge in [0, 0.05) is 27.2 Å². The van der Waals surface area contributed by atoms with Crippen LogP contribution in [0.1, 0.15) is 23.4 Å². The van der Waals surface area contributed by atoms with Gasteiger partial charge in [0.05, 0.1) is 12.5 Å². The summed E-state index contributed by atoms with van der Waals surface area (Å²) in [5.74, 6) is 1.33. The minimum Gasteiger partial charge on any atom is -0.459 e. The summed E-state index contributed by atoms with van der Waals surface area (Å²) in [6.07, 6.45) is 5.45. The molecule has 0 unspecified atom stereocenters. The fraction of sp³-hybridized carbons (Fsp3) is 0.400. The molecule has 1 aliphatic rings. The van der Waals surface area contributed by atoms with Crippen molar-refractivity contribution < 1.29 is 9.21 Å². The van der Waals surface area contributed by atoms with Crippen LogP contribution in [0, 0.1) is 0 Å². The number of carbonyl (C=O) groups is 1. The third-order valence-corrected chi connectivity index (χ3v) is 3.56. The number of nitrogens with zero attached hydrogens (tertiary/aromatic N) is 4. The van der Waals surface area contributed by atoms with Crippen LogP contribution in [-0.4, -0.2) is 43.1 Å². The summed E-state index contributed by atoms with van der Waals surface area (Å²) in [4.78, 5) is 25.1. The standard InChI is InChI=1S/C15H19N5O2/c1-19(2)13-11(17-14(21)12-6-5-9-22-12)10-16-15(18-13)20-7-3-4-8-20/h5-6,9-10H,3-4,7-8H2,1-2H3,(H,17,21). The number of anilines is 3. The fourth-order valence-electron chi connectivity index (χ4n) is 2.45. The first-order chi connectivity index (χ1) is 10.6. The highest BCUT2D eigenvalue weighted by Crippen LogP contribution is 2.25. The van der Waals surface area contributed by atoms with Crippen LogP contribution in [0.15, 0.2) is 29.0 Å². The minimum atomic E-state index is -0.314. The van der Waals surface area contributed by atoms with Crippen LogP contribution in [0.3, 0.4) is 0 Å². The fourth-order valence-corrected chi connectivity index (χ4v) is 2.45. The highest BCUT2D eigenvalue weighted by Gasteiger charge is 2.19. The number of hydrogen-bond acceptors (Lipinski definition) is 6. The Hall–Kier alpha value is -2.57. The van der Waals surface area contributed by atoms with Gasteiger partial charge in [-0.1, -0.05) is 0 Å². The average molecular weight is 301 g/mol. The molecule has 7 nitrogen and oxygen atoms in total. The van der Waals surface area contributed by atoms with E-state index in [4.69, 9.17) is 4.42 Å². The maximum atomic E-state index is 12.1. The molecule has 0 atom stereocenters.